The SMILES string of the molecule is CCN(CC)C(=O)c1cnc(NC(C)C)cn1. The molecule has 0 saturated heterocycles. The van der Waals surface area contributed by atoms with Crippen LogP contribution >= 0.6 is 0 Å². The topological polar surface area (TPSA) is 58.1 Å². The lowest BCUT2D eigenvalue weighted by molar-refractivity contribution is 0.0766. The van der Waals surface area contributed by atoms with Gasteiger partial charge in [0.05, 0.1) is 12.4 Å². The van der Waals surface area contributed by atoms with Crippen LogP contribution in [0.3, 0.4) is 0 Å². The Hall–Kier alpha value is -1.65. The maximum absolute atomic E-state index is 11.9. The summed E-state index contributed by atoms with van der Waals surface area (Å²) >= 11 is 0. The molecule has 1 N–H and O–H groups in total. The molecule has 1 rings (SSSR count). The smallest absolute Gasteiger partial charge is 0.274 e. The number of carbonyl (C=O) groups is 1. The first-order valence-electron chi connectivity index (χ1n) is 5.96. The molecule has 0 aliphatic rings. The molecule has 0 saturated carbocycles. The summed E-state index contributed by atoms with van der Waals surface area (Å²) in [7, 11) is 0. The van der Waals surface area contributed by atoms with Crippen molar-refractivity contribution in [1.82, 2.24) is 14.9 Å². The first-order chi connectivity index (χ1) is 8.08. The number of rotatable bonds is 5. The zero-order valence-corrected chi connectivity index (χ0v) is 10.9. The lowest BCUT2D eigenvalue weighted by atomic mass is 10.3. The van der Waals surface area contributed by atoms with Crippen LogP contribution in [0.1, 0.15) is 38.2 Å². The van der Waals surface area contributed by atoms with Crippen molar-refractivity contribution in [1.29, 1.82) is 0 Å². The van der Waals surface area contributed by atoms with Crippen molar-refractivity contribution in [3.8, 4) is 0 Å². The van der Waals surface area contributed by atoms with Gasteiger partial charge in [-0.05, 0) is 27.7 Å². The van der Waals surface area contributed by atoms with Crippen LogP contribution in [0.15, 0.2) is 12.4 Å². The molecule has 17 heavy (non-hydrogen) atoms. The molecule has 1 aromatic rings. The fourth-order valence-electron chi connectivity index (χ4n) is 1.48. The van der Waals surface area contributed by atoms with Crippen LogP contribution < -0.4 is 5.32 Å². The van der Waals surface area contributed by atoms with Crippen LogP contribution in [0.25, 0.3) is 0 Å². The molecule has 0 spiro atoms. The van der Waals surface area contributed by atoms with Crippen molar-refractivity contribution in [2.24, 2.45) is 0 Å². The van der Waals surface area contributed by atoms with Crippen molar-refractivity contribution >= 4 is 11.7 Å². The average Bonchev–Trinajstić information content (AvgIpc) is 2.30. The van der Waals surface area contributed by atoms with Crippen molar-refractivity contribution in [2.75, 3.05) is 18.4 Å². The zero-order valence-electron chi connectivity index (χ0n) is 10.9. The van der Waals surface area contributed by atoms with Crippen molar-refractivity contribution in [3.05, 3.63) is 18.1 Å². The maximum atomic E-state index is 11.9. The van der Waals surface area contributed by atoms with Gasteiger partial charge in [-0.2, -0.15) is 0 Å². The number of nitrogens with zero attached hydrogens (tertiary/aromatic N) is 3. The summed E-state index contributed by atoms with van der Waals surface area (Å²) in [5.74, 6) is 0.620. The molecule has 1 heterocycles. The number of anilines is 1. The monoisotopic (exact) mass is 236 g/mol. The Morgan fingerprint density at radius 1 is 1.29 bits per heavy atom. The van der Waals surface area contributed by atoms with E-state index >= 15 is 0 Å². The number of amides is 1. The van der Waals surface area contributed by atoms with Gasteiger partial charge < -0.3 is 10.2 Å². The van der Waals surface area contributed by atoms with Crippen molar-refractivity contribution < 1.29 is 4.79 Å². The summed E-state index contributed by atoms with van der Waals surface area (Å²) in [6, 6.07) is 0.300. The highest BCUT2D eigenvalue weighted by atomic mass is 16.2. The van der Waals surface area contributed by atoms with E-state index in [4.69, 9.17) is 0 Å². The standard InChI is InChI=1S/C12H20N4O/c1-5-16(6-2)12(17)10-7-14-11(8-13-10)15-9(3)4/h7-9H,5-6H2,1-4H3,(H,14,15). The Balaban J connectivity index is 2.76. The van der Waals surface area contributed by atoms with E-state index in [1.165, 1.54) is 6.20 Å². The molecule has 0 bridgehead atoms. The first kappa shape index (κ1) is 13.4. The van der Waals surface area contributed by atoms with E-state index in [1.54, 1.807) is 11.1 Å². The largest absolute Gasteiger partial charge is 0.367 e. The summed E-state index contributed by atoms with van der Waals surface area (Å²) in [5, 5.41) is 3.13. The maximum Gasteiger partial charge on any atom is 0.274 e. The normalized spacial score (nSPS) is 10.4. The van der Waals surface area contributed by atoms with Gasteiger partial charge in [0, 0.05) is 19.1 Å². The second-order valence-corrected chi connectivity index (χ2v) is 4.06. The second kappa shape index (κ2) is 6.18. The number of hydrogen-bond donors (Lipinski definition) is 1. The Bertz CT molecular complexity index is 357. The summed E-state index contributed by atoms with van der Waals surface area (Å²) in [6.45, 7) is 9.31. The molecule has 0 aromatic carbocycles. The highest BCUT2D eigenvalue weighted by Gasteiger charge is 2.14. The predicted molar refractivity (Wildman–Crippen MR) is 68.0 cm³/mol. The Morgan fingerprint density at radius 2 is 1.94 bits per heavy atom. The third-order valence-corrected chi connectivity index (χ3v) is 2.36. The fraction of sp³-hybridized carbons (Fsp3) is 0.583. The van der Waals surface area contributed by atoms with E-state index in [1.807, 2.05) is 27.7 Å². The molecule has 0 aliphatic carbocycles. The Labute approximate surface area is 102 Å². The van der Waals surface area contributed by atoms with Crippen LogP contribution in [-0.4, -0.2) is 39.9 Å². The molecule has 1 aromatic heterocycles. The van der Waals surface area contributed by atoms with E-state index in [-0.39, 0.29) is 5.91 Å². The van der Waals surface area contributed by atoms with Gasteiger partial charge in [0.25, 0.3) is 5.91 Å². The Kier molecular flexibility index (Phi) is 4.87. The minimum absolute atomic E-state index is 0.0707. The van der Waals surface area contributed by atoms with Crippen LogP contribution in [0, 0.1) is 0 Å². The number of carbonyl (C=O) groups excluding carboxylic acids is 1. The molecular formula is C12H20N4O. The highest BCUT2D eigenvalue weighted by Crippen LogP contribution is 2.05. The van der Waals surface area contributed by atoms with Gasteiger partial charge in [-0.3, -0.25) is 4.79 Å². The molecule has 0 fully saturated rings. The van der Waals surface area contributed by atoms with Gasteiger partial charge in [0.1, 0.15) is 11.5 Å². The van der Waals surface area contributed by atoms with Crippen LogP contribution in [0.2, 0.25) is 0 Å². The molecule has 94 valence electrons. The lowest BCUT2D eigenvalue weighted by Gasteiger charge is -2.17. The van der Waals surface area contributed by atoms with E-state index in [0.29, 0.717) is 30.6 Å². The molecule has 5 heteroatoms. The lowest BCUT2D eigenvalue weighted by Crippen LogP contribution is -2.31. The summed E-state index contributed by atoms with van der Waals surface area (Å²) < 4.78 is 0. The van der Waals surface area contributed by atoms with Gasteiger partial charge in [-0.1, -0.05) is 0 Å². The molecule has 0 atom stereocenters. The fourth-order valence-corrected chi connectivity index (χ4v) is 1.48. The molecule has 0 aliphatic heterocycles. The van der Waals surface area contributed by atoms with Gasteiger partial charge >= 0.3 is 0 Å². The highest BCUT2D eigenvalue weighted by molar-refractivity contribution is 5.92. The molecule has 1 amide bonds. The van der Waals surface area contributed by atoms with E-state index in [2.05, 4.69) is 15.3 Å². The van der Waals surface area contributed by atoms with Crippen LogP contribution in [0.5, 0.6) is 0 Å². The molecular weight excluding hydrogens is 216 g/mol. The van der Waals surface area contributed by atoms with Crippen molar-refractivity contribution in [2.45, 2.75) is 33.7 Å². The molecule has 0 radical (unpaired) electrons. The molecule has 0 unspecified atom stereocenters. The second-order valence-electron chi connectivity index (χ2n) is 4.06. The van der Waals surface area contributed by atoms with Gasteiger partial charge in [-0.15, -0.1) is 0 Å². The van der Waals surface area contributed by atoms with Crippen LogP contribution in [-0.2, 0) is 0 Å². The first-order valence-corrected chi connectivity index (χ1v) is 5.96. The Morgan fingerprint density at radius 3 is 2.35 bits per heavy atom. The van der Waals surface area contributed by atoms with E-state index < -0.39 is 0 Å². The predicted octanol–water partition coefficient (Wildman–Crippen LogP) is 1.78. The third kappa shape index (κ3) is 3.69. The van der Waals surface area contributed by atoms with Gasteiger partial charge in [0.15, 0.2) is 0 Å². The molecule has 5 nitrogen and oxygen atoms in total. The number of hydrogen-bond acceptors (Lipinski definition) is 4. The van der Waals surface area contributed by atoms with Gasteiger partial charge in [0.2, 0.25) is 0 Å². The number of aromatic nitrogens is 2. The van der Waals surface area contributed by atoms with Crippen LogP contribution in [0.4, 0.5) is 5.82 Å². The summed E-state index contributed by atoms with van der Waals surface area (Å²) in [6.07, 6.45) is 3.11. The van der Waals surface area contributed by atoms with Gasteiger partial charge in [-0.25, -0.2) is 9.97 Å². The summed E-state index contributed by atoms with van der Waals surface area (Å²) in [4.78, 5) is 22.0. The minimum atomic E-state index is -0.0707. The van der Waals surface area contributed by atoms with E-state index in [0.717, 1.165) is 0 Å². The number of nitrogens with one attached hydrogen (secondary N) is 1. The minimum Gasteiger partial charge on any atom is -0.367 e. The van der Waals surface area contributed by atoms with E-state index in [9.17, 15) is 4.79 Å². The summed E-state index contributed by atoms with van der Waals surface area (Å²) in [5.41, 5.74) is 0.392. The quantitative estimate of drug-likeness (QED) is 0.846. The zero-order chi connectivity index (χ0) is 12.8. The van der Waals surface area contributed by atoms with Crippen molar-refractivity contribution in [3.63, 3.8) is 0 Å². The third-order valence-electron chi connectivity index (χ3n) is 2.36. The average molecular weight is 236 g/mol.